The molecule has 0 unspecified atom stereocenters. The zero-order valence-corrected chi connectivity index (χ0v) is 19.7. The van der Waals surface area contributed by atoms with Gasteiger partial charge in [-0.05, 0) is 57.0 Å². The van der Waals surface area contributed by atoms with Gasteiger partial charge in [0.1, 0.15) is 11.6 Å². The highest BCUT2D eigenvalue weighted by atomic mass is 16.5. The predicted octanol–water partition coefficient (Wildman–Crippen LogP) is 4.41. The van der Waals surface area contributed by atoms with Gasteiger partial charge in [0, 0.05) is 30.8 Å². The zero-order valence-electron chi connectivity index (χ0n) is 19.7. The van der Waals surface area contributed by atoms with Gasteiger partial charge in [-0.15, -0.1) is 0 Å². The number of nitrogens with zero attached hydrogens (tertiary/aromatic N) is 3. The van der Waals surface area contributed by atoms with E-state index in [4.69, 9.17) is 9.72 Å². The fourth-order valence-corrected chi connectivity index (χ4v) is 4.40. The number of likely N-dealkylation sites (tertiary alicyclic amines) is 1. The fourth-order valence-electron chi connectivity index (χ4n) is 4.40. The van der Waals surface area contributed by atoms with Crippen LogP contribution in [0.4, 0.5) is 0 Å². The smallest absolute Gasteiger partial charge is 0.254 e. The van der Waals surface area contributed by atoms with Crippen LogP contribution in [0.5, 0.6) is 5.75 Å². The molecule has 1 aliphatic heterocycles. The molecule has 0 bridgehead atoms. The standard InChI is InChI=1S/C27H32N4O2/c1-19-8-4-5-10-23(19)18-31-14-12-21(13-15-31)26-28-17-24(20(2)30-26)27(32)29-16-22-9-6-7-11-25(22)33-3/h4-11,17,21H,12-16,18H2,1-3H3,(H,29,32). The van der Waals surface area contributed by atoms with Gasteiger partial charge in [0.15, 0.2) is 0 Å². The first kappa shape index (κ1) is 22.9. The van der Waals surface area contributed by atoms with E-state index in [1.54, 1.807) is 13.3 Å². The number of hydrogen-bond acceptors (Lipinski definition) is 5. The number of rotatable bonds is 7. The summed E-state index contributed by atoms with van der Waals surface area (Å²) in [6, 6.07) is 16.3. The molecule has 0 atom stereocenters. The van der Waals surface area contributed by atoms with E-state index in [1.807, 2.05) is 31.2 Å². The molecule has 3 aromatic rings. The number of nitrogens with one attached hydrogen (secondary N) is 1. The van der Waals surface area contributed by atoms with E-state index >= 15 is 0 Å². The molecule has 0 radical (unpaired) electrons. The summed E-state index contributed by atoms with van der Waals surface area (Å²) in [7, 11) is 1.63. The van der Waals surface area contributed by atoms with E-state index in [2.05, 4.69) is 46.4 Å². The Bertz CT molecular complexity index is 1110. The highest BCUT2D eigenvalue weighted by Crippen LogP contribution is 2.27. The molecule has 1 saturated heterocycles. The van der Waals surface area contributed by atoms with Crippen molar-refractivity contribution in [2.45, 2.75) is 45.7 Å². The summed E-state index contributed by atoms with van der Waals surface area (Å²) in [5.74, 6) is 1.78. The maximum atomic E-state index is 12.7. The number of carbonyl (C=O) groups excluding carboxylic acids is 1. The molecule has 1 fully saturated rings. The quantitative estimate of drug-likeness (QED) is 0.585. The molecular weight excluding hydrogens is 412 g/mol. The van der Waals surface area contributed by atoms with Crippen LogP contribution in [0.25, 0.3) is 0 Å². The number of methoxy groups -OCH3 is 1. The number of hydrogen-bond donors (Lipinski definition) is 1. The number of benzene rings is 2. The molecular formula is C27H32N4O2. The molecule has 33 heavy (non-hydrogen) atoms. The average molecular weight is 445 g/mol. The van der Waals surface area contributed by atoms with Crippen LogP contribution in [-0.4, -0.2) is 41.0 Å². The minimum absolute atomic E-state index is 0.169. The molecule has 1 N–H and O–H groups in total. The lowest BCUT2D eigenvalue weighted by atomic mass is 9.95. The van der Waals surface area contributed by atoms with Crippen LogP contribution >= 0.6 is 0 Å². The number of piperidine rings is 1. The Labute approximate surface area is 196 Å². The Morgan fingerprint density at radius 2 is 1.76 bits per heavy atom. The summed E-state index contributed by atoms with van der Waals surface area (Å²) in [4.78, 5) is 24.5. The van der Waals surface area contributed by atoms with Crippen LogP contribution in [0, 0.1) is 13.8 Å². The van der Waals surface area contributed by atoms with Crippen LogP contribution in [0.1, 0.15) is 57.3 Å². The lowest BCUT2D eigenvalue weighted by molar-refractivity contribution is 0.0949. The third-order valence-electron chi connectivity index (χ3n) is 6.48. The largest absolute Gasteiger partial charge is 0.496 e. The Kier molecular flexibility index (Phi) is 7.35. The molecule has 0 saturated carbocycles. The number of aromatic nitrogens is 2. The first-order valence-corrected chi connectivity index (χ1v) is 11.6. The van der Waals surface area contributed by atoms with Gasteiger partial charge in [-0.25, -0.2) is 9.97 Å². The van der Waals surface area contributed by atoms with Gasteiger partial charge in [-0.2, -0.15) is 0 Å². The molecule has 6 nitrogen and oxygen atoms in total. The Morgan fingerprint density at radius 1 is 1.06 bits per heavy atom. The summed E-state index contributed by atoms with van der Waals surface area (Å²) in [6.07, 6.45) is 3.74. The van der Waals surface area contributed by atoms with Crippen molar-refractivity contribution in [1.29, 1.82) is 0 Å². The van der Waals surface area contributed by atoms with Gasteiger partial charge in [0.25, 0.3) is 5.91 Å². The number of para-hydroxylation sites is 1. The summed E-state index contributed by atoms with van der Waals surface area (Å²) in [5.41, 5.74) is 4.91. The number of ether oxygens (including phenoxy) is 1. The molecule has 172 valence electrons. The van der Waals surface area contributed by atoms with E-state index < -0.39 is 0 Å². The van der Waals surface area contributed by atoms with Crippen molar-refractivity contribution in [2.75, 3.05) is 20.2 Å². The number of aryl methyl sites for hydroxylation is 2. The predicted molar refractivity (Wildman–Crippen MR) is 129 cm³/mol. The van der Waals surface area contributed by atoms with Gasteiger partial charge in [0.2, 0.25) is 0 Å². The van der Waals surface area contributed by atoms with Gasteiger partial charge in [-0.1, -0.05) is 42.5 Å². The lowest BCUT2D eigenvalue weighted by Gasteiger charge is -2.31. The molecule has 1 aliphatic rings. The summed E-state index contributed by atoms with van der Waals surface area (Å²) >= 11 is 0. The van der Waals surface area contributed by atoms with Gasteiger partial charge >= 0.3 is 0 Å². The lowest BCUT2D eigenvalue weighted by Crippen LogP contribution is -2.33. The molecule has 4 rings (SSSR count). The Morgan fingerprint density at radius 3 is 2.45 bits per heavy atom. The van der Waals surface area contributed by atoms with E-state index in [0.717, 1.165) is 55.3 Å². The SMILES string of the molecule is COc1ccccc1CNC(=O)c1cnc(C2CCN(Cc3ccccc3C)CC2)nc1C. The molecule has 1 amide bonds. The van der Waals surface area contributed by atoms with Gasteiger partial charge < -0.3 is 10.1 Å². The van der Waals surface area contributed by atoms with E-state index in [1.165, 1.54) is 11.1 Å². The van der Waals surface area contributed by atoms with Crippen molar-refractivity contribution in [3.05, 3.63) is 88.5 Å². The highest BCUT2D eigenvalue weighted by Gasteiger charge is 2.24. The first-order valence-electron chi connectivity index (χ1n) is 11.6. The third kappa shape index (κ3) is 5.57. The first-order chi connectivity index (χ1) is 16.0. The maximum Gasteiger partial charge on any atom is 0.254 e. The summed E-state index contributed by atoms with van der Waals surface area (Å²) in [5, 5.41) is 2.96. The second-order valence-corrected chi connectivity index (χ2v) is 8.70. The molecule has 2 aromatic carbocycles. The van der Waals surface area contributed by atoms with Crippen molar-refractivity contribution >= 4 is 5.91 Å². The molecule has 0 spiro atoms. The van der Waals surface area contributed by atoms with Crippen molar-refractivity contribution in [2.24, 2.45) is 0 Å². The summed E-state index contributed by atoms with van der Waals surface area (Å²) < 4.78 is 5.36. The normalized spacial score (nSPS) is 14.8. The van der Waals surface area contributed by atoms with Crippen LogP contribution in [0.2, 0.25) is 0 Å². The van der Waals surface area contributed by atoms with Gasteiger partial charge in [-0.3, -0.25) is 9.69 Å². The number of amides is 1. The van der Waals surface area contributed by atoms with Crippen LogP contribution in [-0.2, 0) is 13.1 Å². The average Bonchev–Trinajstić information content (AvgIpc) is 2.84. The van der Waals surface area contributed by atoms with Gasteiger partial charge in [0.05, 0.1) is 18.4 Å². The molecule has 2 heterocycles. The minimum atomic E-state index is -0.169. The second kappa shape index (κ2) is 10.6. The molecule has 6 heteroatoms. The van der Waals surface area contributed by atoms with Crippen molar-refractivity contribution in [1.82, 2.24) is 20.2 Å². The van der Waals surface area contributed by atoms with Crippen LogP contribution in [0.15, 0.2) is 54.7 Å². The van der Waals surface area contributed by atoms with Crippen LogP contribution in [0.3, 0.4) is 0 Å². The zero-order chi connectivity index (χ0) is 23.2. The van der Waals surface area contributed by atoms with E-state index in [0.29, 0.717) is 18.0 Å². The minimum Gasteiger partial charge on any atom is -0.496 e. The second-order valence-electron chi connectivity index (χ2n) is 8.70. The third-order valence-corrected chi connectivity index (χ3v) is 6.48. The highest BCUT2D eigenvalue weighted by molar-refractivity contribution is 5.94. The molecule has 1 aromatic heterocycles. The Hall–Kier alpha value is -3.25. The monoisotopic (exact) mass is 444 g/mol. The van der Waals surface area contributed by atoms with E-state index in [-0.39, 0.29) is 5.91 Å². The summed E-state index contributed by atoms with van der Waals surface area (Å²) in [6.45, 7) is 7.50. The number of carbonyl (C=O) groups is 1. The molecule has 0 aliphatic carbocycles. The Balaban J connectivity index is 1.34. The van der Waals surface area contributed by atoms with E-state index in [9.17, 15) is 4.79 Å². The topological polar surface area (TPSA) is 67.3 Å². The maximum absolute atomic E-state index is 12.7. The fraction of sp³-hybridized carbons (Fsp3) is 0.370. The van der Waals surface area contributed by atoms with Crippen molar-refractivity contribution in [3.63, 3.8) is 0 Å². The van der Waals surface area contributed by atoms with Crippen LogP contribution < -0.4 is 10.1 Å². The van der Waals surface area contributed by atoms with Crippen molar-refractivity contribution < 1.29 is 9.53 Å². The van der Waals surface area contributed by atoms with Crippen molar-refractivity contribution in [3.8, 4) is 5.75 Å².